The maximum atomic E-state index is 8.77. The fraction of sp³-hybridized carbons (Fsp3) is 1.00. The largest absolute Gasteiger partial charge is 0.756 e. The number of rotatable bonds is 2. The van der Waals surface area contributed by atoms with Crippen molar-refractivity contribution >= 4 is 15.6 Å². The van der Waals surface area contributed by atoms with Gasteiger partial charge in [0.25, 0.3) is 15.6 Å². The number of hydrogen-bond acceptors (Lipinski definition) is 5. The molecule has 0 aromatic carbocycles. The maximum Gasteiger partial charge on any atom is 0.262 e. The topological polar surface area (TPSA) is 218 Å². The third-order valence-corrected chi connectivity index (χ3v) is 0.771. The van der Waals surface area contributed by atoms with Crippen molar-refractivity contribution in [3.05, 3.63) is 0 Å². The van der Waals surface area contributed by atoms with E-state index in [4.69, 9.17) is 43.6 Å². The van der Waals surface area contributed by atoms with Crippen molar-refractivity contribution in [1.82, 2.24) is 6.15 Å². The molecule has 116 valence electrons. The highest BCUT2D eigenvalue weighted by Crippen LogP contribution is 2.19. The molecule has 0 fully saturated rings. The molecule has 0 unspecified atom stereocenters. The first-order valence-corrected chi connectivity index (χ1v) is 7.06. The molecule has 18 heavy (non-hydrogen) atoms. The summed E-state index contributed by atoms with van der Waals surface area (Å²) >= 11 is 0. The second-order valence-electron chi connectivity index (χ2n) is 3.72. The summed E-state index contributed by atoms with van der Waals surface area (Å²) in [4.78, 5) is 45.8. The van der Waals surface area contributed by atoms with Gasteiger partial charge in [-0.25, -0.2) is 0 Å². The van der Waals surface area contributed by atoms with Gasteiger partial charge in [0, 0.05) is 0 Å². The normalized spacial score (nSPS) is 11.2. The molecule has 0 saturated carbocycles. The predicted molar refractivity (Wildman–Crippen MR) is 60.1 cm³/mol. The average Bonchev–Trinajstić information content (AvgIpc) is 1.73. The number of aliphatic hydroxyl groups excluding tert-OH is 1. The van der Waals surface area contributed by atoms with Crippen molar-refractivity contribution < 1.29 is 48.1 Å². The number of quaternary nitrogens is 2. The van der Waals surface area contributed by atoms with Crippen molar-refractivity contribution in [1.29, 1.82) is 0 Å². The highest BCUT2D eigenvalue weighted by atomic mass is 31.2. The lowest BCUT2D eigenvalue weighted by Gasteiger charge is -2.21. The zero-order chi connectivity index (χ0) is 14.9. The molecule has 0 aliphatic rings. The van der Waals surface area contributed by atoms with Crippen LogP contribution in [0.1, 0.15) is 0 Å². The quantitative estimate of drug-likeness (QED) is 0.224. The molecule has 0 spiro atoms. The van der Waals surface area contributed by atoms with Crippen LogP contribution in [0.5, 0.6) is 0 Å². The summed E-state index contributed by atoms with van der Waals surface area (Å²) in [5.41, 5.74) is 0. The molecule has 0 atom stereocenters. The van der Waals surface area contributed by atoms with Crippen LogP contribution >= 0.6 is 15.6 Å². The number of hydrogen-bond donors (Lipinski definition) is 6. The average molecular weight is 316 g/mol. The van der Waals surface area contributed by atoms with E-state index in [1.54, 1.807) is 0 Å². The summed E-state index contributed by atoms with van der Waals surface area (Å²) in [6, 6.07) is 0. The van der Waals surface area contributed by atoms with E-state index in [0.717, 1.165) is 11.0 Å². The summed E-state index contributed by atoms with van der Waals surface area (Å²) in [5, 5.41) is 8.39. The van der Waals surface area contributed by atoms with Gasteiger partial charge in [0.1, 0.15) is 6.54 Å². The van der Waals surface area contributed by atoms with E-state index in [1.807, 2.05) is 0 Å². The van der Waals surface area contributed by atoms with Gasteiger partial charge >= 0.3 is 0 Å². The summed E-state index contributed by atoms with van der Waals surface area (Å²) < 4.78 is 18.4. The Kier molecular flexibility index (Phi) is 16.2. The SMILES string of the molecule is C[N+](C)(C)CCO.O=P([O-])(O)O.O=P([O-])(O)O.[NH4+]. The van der Waals surface area contributed by atoms with Gasteiger partial charge in [0.2, 0.25) is 0 Å². The molecule has 0 aliphatic carbocycles. The van der Waals surface area contributed by atoms with E-state index in [-0.39, 0.29) is 12.8 Å². The van der Waals surface area contributed by atoms with Gasteiger partial charge in [-0.15, -0.1) is 0 Å². The van der Waals surface area contributed by atoms with Crippen LogP contribution in [0.15, 0.2) is 0 Å². The number of phosphoric acid groups is 2. The molecule has 13 heteroatoms. The fourth-order valence-corrected chi connectivity index (χ4v) is 0.300. The summed E-state index contributed by atoms with van der Waals surface area (Å²) in [6.45, 7) is 1.11. The summed E-state index contributed by atoms with van der Waals surface area (Å²) in [7, 11) is -3.62. The minimum absolute atomic E-state index is 0. The van der Waals surface area contributed by atoms with Crippen molar-refractivity contribution in [2.45, 2.75) is 0 Å². The molecular formula is C5H22N2O9P2. The van der Waals surface area contributed by atoms with Gasteiger partial charge in [-0.2, -0.15) is 0 Å². The van der Waals surface area contributed by atoms with Crippen LogP contribution in [0.3, 0.4) is 0 Å². The van der Waals surface area contributed by atoms with Crippen LogP contribution in [0.25, 0.3) is 0 Å². The van der Waals surface area contributed by atoms with E-state index < -0.39 is 15.6 Å². The standard InChI is InChI=1S/C5H14NO.H3N.2H3O4P/c1-6(2,3)4-5-7;;2*1-5(2,3)4/h7H,4-5H2,1-3H3;1H3;2*(H3,1,2,3,4)/q+1;;;/p-1. The molecule has 0 aliphatic heterocycles. The lowest BCUT2D eigenvalue weighted by molar-refractivity contribution is -0.870. The third kappa shape index (κ3) is 218. The van der Waals surface area contributed by atoms with Gasteiger partial charge in [-0.05, 0) is 0 Å². The highest BCUT2D eigenvalue weighted by molar-refractivity contribution is 7.43. The first-order chi connectivity index (χ1) is 7.06. The van der Waals surface area contributed by atoms with Crippen LogP contribution in [-0.2, 0) is 9.13 Å². The Balaban J connectivity index is -0.0000000813. The Morgan fingerprint density at radius 3 is 1.11 bits per heavy atom. The Hall–Kier alpha value is 0.1000. The number of likely N-dealkylation sites (N-methyl/N-ethyl adjacent to an activating group) is 1. The molecule has 0 saturated heterocycles. The predicted octanol–water partition coefficient (Wildman–Crippen LogP) is -3.06. The second-order valence-corrected chi connectivity index (χ2v) is 5.68. The van der Waals surface area contributed by atoms with Crippen LogP contribution in [0.4, 0.5) is 0 Å². The summed E-state index contributed by atoms with van der Waals surface area (Å²) in [6.07, 6.45) is 0. The monoisotopic (exact) mass is 316 g/mol. The first kappa shape index (κ1) is 26.6. The lowest BCUT2D eigenvalue weighted by Crippen LogP contribution is -2.36. The second kappa shape index (κ2) is 11.0. The van der Waals surface area contributed by atoms with Crippen molar-refractivity contribution in [3.8, 4) is 0 Å². The van der Waals surface area contributed by atoms with Gasteiger partial charge in [-0.1, -0.05) is 0 Å². The Morgan fingerprint density at radius 1 is 0.944 bits per heavy atom. The first-order valence-electron chi connectivity index (χ1n) is 4.00. The van der Waals surface area contributed by atoms with E-state index in [0.29, 0.717) is 0 Å². The Labute approximate surface area is 105 Å². The Bertz CT molecular complexity index is 230. The Morgan fingerprint density at radius 2 is 1.11 bits per heavy atom. The molecule has 0 heterocycles. The van der Waals surface area contributed by atoms with Crippen molar-refractivity contribution in [2.24, 2.45) is 0 Å². The molecule has 0 rings (SSSR count). The smallest absolute Gasteiger partial charge is 0.262 e. The van der Waals surface area contributed by atoms with E-state index >= 15 is 0 Å². The van der Waals surface area contributed by atoms with E-state index in [2.05, 4.69) is 21.1 Å². The van der Waals surface area contributed by atoms with Crippen molar-refractivity contribution in [3.63, 3.8) is 0 Å². The van der Waals surface area contributed by atoms with Crippen LogP contribution in [-0.4, -0.2) is 63.5 Å². The molecule has 11 nitrogen and oxygen atoms in total. The van der Waals surface area contributed by atoms with Gasteiger partial charge < -0.3 is 45.1 Å². The molecule has 9 N–H and O–H groups in total. The molecule has 0 aromatic heterocycles. The molecule has 0 amide bonds. The maximum absolute atomic E-state index is 8.77. The molecular weight excluding hydrogens is 294 g/mol. The zero-order valence-corrected chi connectivity index (χ0v) is 12.4. The van der Waals surface area contributed by atoms with Crippen molar-refractivity contribution in [2.75, 3.05) is 34.3 Å². The number of nitrogens with zero attached hydrogens (tertiary/aromatic N) is 1. The lowest BCUT2D eigenvalue weighted by atomic mass is 10.5. The van der Waals surface area contributed by atoms with E-state index in [1.165, 1.54) is 0 Å². The summed E-state index contributed by atoms with van der Waals surface area (Å²) in [5.74, 6) is 0. The van der Waals surface area contributed by atoms with Gasteiger partial charge in [0.15, 0.2) is 0 Å². The molecule has 0 aromatic rings. The minimum Gasteiger partial charge on any atom is -0.756 e. The van der Waals surface area contributed by atoms with Crippen LogP contribution in [0, 0.1) is 0 Å². The fourth-order valence-electron chi connectivity index (χ4n) is 0.300. The van der Waals surface area contributed by atoms with E-state index in [9.17, 15) is 0 Å². The third-order valence-electron chi connectivity index (χ3n) is 0.771. The van der Waals surface area contributed by atoms with Gasteiger partial charge in [-0.3, -0.25) is 9.13 Å². The molecule has 0 radical (unpaired) electrons. The van der Waals surface area contributed by atoms with Crippen LogP contribution < -0.4 is 15.9 Å². The highest BCUT2D eigenvalue weighted by Gasteiger charge is 2.02. The van der Waals surface area contributed by atoms with Crippen LogP contribution in [0.2, 0.25) is 0 Å². The van der Waals surface area contributed by atoms with Gasteiger partial charge in [0.05, 0.1) is 27.7 Å². The molecule has 0 bridgehead atoms. The minimum atomic E-state index is -4.89. The zero-order valence-electron chi connectivity index (χ0n) is 10.6. The number of aliphatic hydroxyl groups is 1.